The van der Waals surface area contributed by atoms with Gasteiger partial charge in [-0.05, 0) is 73.5 Å². The fraction of sp³-hybridized carbons (Fsp3) is 0.490. The summed E-state index contributed by atoms with van der Waals surface area (Å²) in [5.41, 5.74) is 6.09. The molecule has 77 heavy (non-hydrogen) atoms. The van der Waals surface area contributed by atoms with Crippen molar-refractivity contribution < 1.29 is 117 Å². The summed E-state index contributed by atoms with van der Waals surface area (Å²) in [4.78, 5) is 133. The van der Waals surface area contributed by atoms with E-state index in [9.17, 15) is 73.5 Å². The first kappa shape index (κ1) is 64.6. The van der Waals surface area contributed by atoms with Gasteiger partial charge < -0.3 is 51.9 Å². The van der Waals surface area contributed by atoms with Gasteiger partial charge in [-0.25, -0.2) is 19.4 Å². The number of hydrogen-bond acceptors (Lipinski definition) is 16. The number of nitrogens with zero attached hydrogens (tertiary/aromatic N) is 5. The molecule has 5 amide bonds. The van der Waals surface area contributed by atoms with Crippen LogP contribution >= 0.6 is 0 Å². The van der Waals surface area contributed by atoms with Gasteiger partial charge in [0.2, 0.25) is 5.91 Å². The van der Waals surface area contributed by atoms with E-state index in [4.69, 9.17) is 5.11 Å². The van der Waals surface area contributed by atoms with Gasteiger partial charge in [0.25, 0.3) is 11.8 Å². The zero-order valence-electron chi connectivity index (χ0n) is 42.2. The van der Waals surface area contributed by atoms with Crippen LogP contribution in [0.15, 0.2) is 60.8 Å². The molecule has 1 aliphatic rings. The van der Waals surface area contributed by atoms with E-state index < -0.39 is 90.5 Å². The van der Waals surface area contributed by atoms with Crippen molar-refractivity contribution in [1.29, 1.82) is 0 Å². The summed E-state index contributed by atoms with van der Waals surface area (Å²) in [5.74, 6) is -8.82. The minimum absolute atomic E-state index is 0. The maximum absolute atomic E-state index is 13.7. The van der Waals surface area contributed by atoms with Crippen molar-refractivity contribution in [2.45, 2.75) is 69.5 Å². The smallest absolute Gasteiger partial charge is 0.481 e. The molecule has 1 fully saturated rings. The Labute approximate surface area is 473 Å². The Morgan fingerprint density at radius 2 is 1.09 bits per heavy atom. The van der Waals surface area contributed by atoms with Crippen molar-refractivity contribution in [3.63, 3.8) is 0 Å². The van der Waals surface area contributed by atoms with Gasteiger partial charge >= 0.3 is 80.5 Å². The van der Waals surface area contributed by atoms with E-state index in [0.29, 0.717) is 39.0 Å². The van der Waals surface area contributed by atoms with Gasteiger partial charge in [-0.2, -0.15) is 0 Å². The van der Waals surface area contributed by atoms with Crippen LogP contribution in [-0.4, -0.2) is 218 Å². The second kappa shape index (κ2) is 34.1. The molecule has 0 saturated carbocycles. The number of carboxylic acids is 6. The van der Waals surface area contributed by atoms with Gasteiger partial charge in [-0.1, -0.05) is 42.5 Å². The quantitative estimate of drug-likeness (QED) is 0.0342. The molecule has 0 aliphatic carbocycles. The SMILES string of the molecule is O=C(O)CCC(NC(=O)NC(CCCCNC(=O)C(Cc1ccc2ccccc2c1)NC(=O)c1ccc(NNC(=O)CN2CCCN(CC(=O)O)CCN(CC(=O)O)CCCN(CC(=O)O)CC2)nc1)C(=O)O)C(=O)O.[Tb+4]. The summed E-state index contributed by atoms with van der Waals surface area (Å²) in [7, 11) is 0. The van der Waals surface area contributed by atoms with E-state index in [-0.39, 0.29) is 135 Å². The molecular weight excluding hydrogens is 1160 g/mol. The zero-order chi connectivity index (χ0) is 55.6. The van der Waals surface area contributed by atoms with E-state index in [1.807, 2.05) is 47.4 Å². The second-order valence-corrected chi connectivity index (χ2v) is 18.1. The number of hydrogen-bond donors (Lipinski definition) is 12. The molecular formula is C49H67N11O16Tb+4. The number of urea groups is 1. The monoisotopic (exact) mass is 1220 g/mol. The van der Waals surface area contributed by atoms with Gasteiger partial charge in [-0.3, -0.25) is 64.0 Å². The number of unbranched alkanes of at least 4 members (excludes halogenated alkanes) is 1. The number of amides is 5. The third-order valence-corrected chi connectivity index (χ3v) is 12.1. The first-order valence-corrected chi connectivity index (χ1v) is 24.6. The summed E-state index contributed by atoms with van der Waals surface area (Å²) >= 11 is 0. The second-order valence-electron chi connectivity index (χ2n) is 18.1. The Bertz CT molecular complexity index is 2490. The van der Waals surface area contributed by atoms with Crippen LogP contribution in [0.1, 0.15) is 60.9 Å². The maximum Gasteiger partial charge on any atom is 4.00 e. The minimum atomic E-state index is -1.57. The van der Waals surface area contributed by atoms with Crippen LogP contribution < -0.4 is 32.1 Å². The molecule has 0 bridgehead atoms. The first-order chi connectivity index (χ1) is 36.2. The zero-order valence-corrected chi connectivity index (χ0v) is 44.3. The molecule has 2 heterocycles. The van der Waals surface area contributed by atoms with Crippen molar-refractivity contribution in [1.82, 2.24) is 51.3 Å². The van der Waals surface area contributed by atoms with Crippen LogP contribution in [-0.2, 0) is 44.8 Å². The van der Waals surface area contributed by atoms with Crippen LogP contribution in [0.2, 0.25) is 0 Å². The number of hydrazine groups is 1. The Hall–Kier alpha value is -6.72. The van der Waals surface area contributed by atoms with Gasteiger partial charge in [0.05, 0.1) is 31.7 Å². The number of carbonyl (C=O) groups is 10. The predicted octanol–water partition coefficient (Wildman–Crippen LogP) is -0.368. The normalized spacial score (nSPS) is 15.4. The molecule has 27 nitrogen and oxygen atoms in total. The van der Waals surface area contributed by atoms with Crippen molar-refractivity contribution in [2.75, 3.05) is 90.5 Å². The third kappa shape index (κ3) is 25.3. The number of nitrogens with one attached hydrogen (secondary N) is 6. The van der Waals surface area contributed by atoms with Crippen molar-refractivity contribution in [3.05, 3.63) is 71.9 Å². The largest absolute Gasteiger partial charge is 4.00 e. The molecule has 419 valence electrons. The molecule has 2 aromatic carbocycles. The number of rotatable bonds is 27. The fourth-order valence-electron chi connectivity index (χ4n) is 8.23. The van der Waals surface area contributed by atoms with E-state index >= 15 is 0 Å². The summed E-state index contributed by atoms with van der Waals surface area (Å²) in [5, 5.41) is 68.0. The summed E-state index contributed by atoms with van der Waals surface area (Å²) < 4.78 is 0. The Kier molecular flexibility index (Phi) is 28.6. The Morgan fingerprint density at radius 3 is 1.60 bits per heavy atom. The topological polar surface area (TPSA) is 390 Å². The third-order valence-electron chi connectivity index (χ3n) is 12.1. The van der Waals surface area contributed by atoms with Crippen LogP contribution in [0, 0.1) is 38.6 Å². The maximum atomic E-state index is 13.7. The standard InChI is InChI=1S/C49H67N11O16.Tb/c61-40(28-57-17-5-18-59(30-43(66)67)23-24-60(31-44(68)69)20-6-19-58(22-21-57)29-42(64)65)56-55-39-14-12-35(27-51-39)45(70)52-38(26-32-10-11-33-7-1-2-8-34(33)25-32)46(71)50-16-4-3-9-36(47(72)73)53-49(76)54-37(48(74)75)13-15-41(62)63;/h1-2,7-8,10-12,14,25,27,36-38H,3-6,9,13,15-24,26,28-31H2,(H,50,71)(H,51,55)(H,52,70)(H,56,61)(H,62,63)(H,64,65)(H,66,67)(H,68,69)(H,72,73)(H,74,75)(H2,53,54,76);/q;+4. The molecule has 28 heteroatoms. The molecule has 3 atom stereocenters. The number of pyridine rings is 1. The number of aromatic nitrogens is 1. The van der Waals surface area contributed by atoms with Gasteiger partial charge in [-0.15, -0.1) is 0 Å². The molecule has 1 aromatic heterocycles. The van der Waals surface area contributed by atoms with Crippen LogP contribution in [0.4, 0.5) is 10.6 Å². The number of carbonyl (C=O) groups excluding carboxylic acids is 4. The van der Waals surface area contributed by atoms with Crippen LogP contribution in [0.5, 0.6) is 0 Å². The van der Waals surface area contributed by atoms with Crippen molar-refractivity contribution in [2.24, 2.45) is 0 Å². The summed E-state index contributed by atoms with van der Waals surface area (Å²) in [6.07, 6.45) is 1.57. The molecule has 1 aliphatic heterocycles. The van der Waals surface area contributed by atoms with Crippen molar-refractivity contribution in [3.8, 4) is 0 Å². The number of carboxylic acid groups (broad SMARTS) is 6. The Morgan fingerprint density at radius 1 is 0.558 bits per heavy atom. The average molecular weight is 1230 g/mol. The summed E-state index contributed by atoms with van der Waals surface area (Å²) in [6.45, 7) is 1.65. The van der Waals surface area contributed by atoms with Gasteiger partial charge in [0, 0.05) is 71.4 Å². The molecule has 3 aromatic rings. The Balaban J connectivity index is 0.0000156. The van der Waals surface area contributed by atoms with Gasteiger partial charge in [0.15, 0.2) is 0 Å². The number of anilines is 1. The van der Waals surface area contributed by atoms with Crippen molar-refractivity contribution >= 4 is 76.2 Å². The minimum Gasteiger partial charge on any atom is -0.481 e. The molecule has 12 N–H and O–H groups in total. The van der Waals surface area contributed by atoms with E-state index in [1.54, 1.807) is 14.7 Å². The van der Waals surface area contributed by atoms with Crippen LogP contribution in [0.25, 0.3) is 10.8 Å². The van der Waals surface area contributed by atoms with E-state index in [1.165, 1.54) is 18.3 Å². The number of fused-ring (bicyclic) bond motifs is 1. The molecule has 4 rings (SSSR count). The van der Waals surface area contributed by atoms with Crippen LogP contribution in [0.3, 0.4) is 0 Å². The number of aliphatic carboxylic acids is 6. The summed E-state index contributed by atoms with van der Waals surface area (Å²) in [6, 6.07) is 10.8. The predicted molar refractivity (Wildman–Crippen MR) is 271 cm³/mol. The molecule has 3 unspecified atom stereocenters. The van der Waals surface area contributed by atoms with E-state index in [0.717, 1.165) is 16.3 Å². The molecule has 1 saturated heterocycles. The molecule has 0 spiro atoms. The van der Waals surface area contributed by atoms with Gasteiger partial charge in [0.1, 0.15) is 23.9 Å². The fourth-order valence-corrected chi connectivity index (χ4v) is 8.23. The average Bonchev–Trinajstić information content (AvgIpc) is 3.35. The molecule has 1 radical (unpaired) electrons. The van der Waals surface area contributed by atoms with E-state index in [2.05, 4.69) is 37.1 Å². The first-order valence-electron chi connectivity index (χ1n) is 24.6. The number of benzene rings is 2.